The lowest BCUT2D eigenvalue weighted by molar-refractivity contribution is -0.119. The van der Waals surface area contributed by atoms with Crippen molar-refractivity contribution in [1.29, 1.82) is 0 Å². The molecule has 0 aromatic carbocycles. The summed E-state index contributed by atoms with van der Waals surface area (Å²) in [6, 6.07) is 0. The summed E-state index contributed by atoms with van der Waals surface area (Å²) in [6.07, 6.45) is 7.77. The third kappa shape index (κ3) is 3.54. The molecule has 64 valence electrons. The fourth-order valence-corrected chi connectivity index (χ4v) is 1.73. The molecule has 0 radical (unpaired) electrons. The second-order valence-corrected chi connectivity index (χ2v) is 3.78. The highest BCUT2D eigenvalue weighted by molar-refractivity contribution is 5.78. The van der Waals surface area contributed by atoms with Gasteiger partial charge in [0.15, 0.2) is 0 Å². The number of carbonyl (C=O) groups excluding carboxylic acids is 1. The molecular weight excluding hydrogens is 136 g/mol. The van der Waals surface area contributed by atoms with E-state index in [2.05, 4.69) is 6.92 Å². The van der Waals surface area contributed by atoms with Crippen molar-refractivity contribution in [2.45, 2.75) is 51.9 Å². The van der Waals surface area contributed by atoms with E-state index >= 15 is 0 Å². The van der Waals surface area contributed by atoms with Crippen LogP contribution < -0.4 is 0 Å². The zero-order chi connectivity index (χ0) is 8.10. The highest BCUT2D eigenvalue weighted by Gasteiger charge is 2.08. The van der Waals surface area contributed by atoms with Crippen LogP contribution in [0.15, 0.2) is 0 Å². The molecule has 1 aliphatic carbocycles. The number of Topliss-reactive ketones (excluding diaryl/α,β-unsaturated/α-hetero) is 1. The Bertz CT molecular complexity index is 129. The number of rotatable bonds is 0. The summed E-state index contributed by atoms with van der Waals surface area (Å²) in [5.74, 6) is 1.33. The maximum atomic E-state index is 11.1. The summed E-state index contributed by atoms with van der Waals surface area (Å²) < 4.78 is 0. The topological polar surface area (TPSA) is 17.1 Å². The molecular formula is C10H18O. The summed E-state index contributed by atoms with van der Waals surface area (Å²) in [6.45, 7) is 2.30. The maximum Gasteiger partial charge on any atom is 0.132 e. The van der Waals surface area contributed by atoms with Gasteiger partial charge in [-0.1, -0.05) is 26.2 Å². The van der Waals surface area contributed by atoms with Gasteiger partial charge in [0.2, 0.25) is 0 Å². The minimum atomic E-state index is 0.485. The molecule has 0 aromatic rings. The van der Waals surface area contributed by atoms with Gasteiger partial charge in [-0.3, -0.25) is 4.79 Å². The number of ketones is 1. The lowest BCUT2D eigenvalue weighted by Gasteiger charge is -2.06. The zero-order valence-electron chi connectivity index (χ0n) is 7.44. The first-order valence-electron chi connectivity index (χ1n) is 4.81. The van der Waals surface area contributed by atoms with Crippen molar-refractivity contribution in [3.05, 3.63) is 0 Å². The molecule has 1 fully saturated rings. The van der Waals surface area contributed by atoms with Gasteiger partial charge in [-0.05, 0) is 18.8 Å². The Morgan fingerprint density at radius 2 is 1.73 bits per heavy atom. The average Bonchev–Trinajstić information content (AvgIpc) is 2.04. The Morgan fingerprint density at radius 1 is 1.09 bits per heavy atom. The van der Waals surface area contributed by atoms with Crippen molar-refractivity contribution in [1.82, 2.24) is 0 Å². The van der Waals surface area contributed by atoms with Gasteiger partial charge in [-0.25, -0.2) is 0 Å². The monoisotopic (exact) mass is 154 g/mol. The molecule has 0 N–H and O–H groups in total. The first-order chi connectivity index (χ1) is 5.29. The molecule has 1 rings (SSSR count). The highest BCUT2D eigenvalue weighted by Crippen LogP contribution is 2.19. The molecule has 0 aromatic heterocycles. The quantitative estimate of drug-likeness (QED) is 0.524. The normalized spacial score (nSPS) is 28.8. The molecule has 0 saturated heterocycles. The van der Waals surface area contributed by atoms with Crippen LogP contribution in [0, 0.1) is 5.92 Å². The van der Waals surface area contributed by atoms with Gasteiger partial charge >= 0.3 is 0 Å². The first-order valence-corrected chi connectivity index (χ1v) is 4.81. The van der Waals surface area contributed by atoms with E-state index in [1.165, 1.54) is 19.3 Å². The molecule has 1 unspecified atom stereocenters. The molecule has 0 spiro atoms. The minimum Gasteiger partial charge on any atom is -0.300 e. The summed E-state index contributed by atoms with van der Waals surface area (Å²) in [7, 11) is 0. The first kappa shape index (κ1) is 8.76. The molecule has 1 atom stereocenters. The van der Waals surface area contributed by atoms with Crippen LogP contribution in [-0.4, -0.2) is 5.78 Å². The number of hydrogen-bond acceptors (Lipinski definition) is 1. The minimum absolute atomic E-state index is 0.485. The Labute approximate surface area is 69.2 Å². The summed E-state index contributed by atoms with van der Waals surface area (Å²) in [5, 5.41) is 0. The van der Waals surface area contributed by atoms with Gasteiger partial charge in [-0.15, -0.1) is 0 Å². The standard InChI is InChI=1S/C10H18O/c1-9-5-2-3-7-10(11)8-4-6-9/h9H,2-8H2,1H3. The van der Waals surface area contributed by atoms with E-state index in [0.717, 1.165) is 31.6 Å². The Hall–Kier alpha value is -0.330. The van der Waals surface area contributed by atoms with E-state index in [-0.39, 0.29) is 0 Å². The van der Waals surface area contributed by atoms with Gasteiger partial charge in [0.1, 0.15) is 5.78 Å². The van der Waals surface area contributed by atoms with E-state index in [4.69, 9.17) is 0 Å². The molecule has 11 heavy (non-hydrogen) atoms. The van der Waals surface area contributed by atoms with Gasteiger partial charge in [-0.2, -0.15) is 0 Å². The van der Waals surface area contributed by atoms with Crippen molar-refractivity contribution in [2.24, 2.45) is 5.92 Å². The van der Waals surface area contributed by atoms with Crippen molar-refractivity contribution in [3.8, 4) is 0 Å². The Kier molecular flexibility index (Phi) is 3.61. The van der Waals surface area contributed by atoms with Crippen molar-refractivity contribution in [3.63, 3.8) is 0 Å². The third-order valence-electron chi connectivity index (χ3n) is 2.56. The Balaban J connectivity index is 2.29. The molecule has 0 heterocycles. The largest absolute Gasteiger partial charge is 0.300 e. The van der Waals surface area contributed by atoms with E-state index in [1.54, 1.807) is 0 Å². The van der Waals surface area contributed by atoms with Crippen molar-refractivity contribution in [2.75, 3.05) is 0 Å². The van der Waals surface area contributed by atoms with Crippen LogP contribution in [0.3, 0.4) is 0 Å². The van der Waals surface area contributed by atoms with E-state index < -0.39 is 0 Å². The fourth-order valence-electron chi connectivity index (χ4n) is 1.73. The van der Waals surface area contributed by atoms with E-state index in [0.29, 0.717) is 5.78 Å². The smallest absolute Gasteiger partial charge is 0.132 e. The third-order valence-corrected chi connectivity index (χ3v) is 2.56. The van der Waals surface area contributed by atoms with Crippen LogP contribution in [0.1, 0.15) is 51.9 Å². The van der Waals surface area contributed by atoms with Crippen LogP contribution in [0.25, 0.3) is 0 Å². The van der Waals surface area contributed by atoms with E-state index in [9.17, 15) is 4.79 Å². The molecule has 0 amide bonds. The predicted molar refractivity (Wildman–Crippen MR) is 46.5 cm³/mol. The molecule has 0 bridgehead atoms. The maximum absolute atomic E-state index is 11.1. The molecule has 1 heteroatoms. The van der Waals surface area contributed by atoms with Gasteiger partial charge in [0.05, 0.1) is 0 Å². The van der Waals surface area contributed by atoms with E-state index in [1.807, 2.05) is 0 Å². The second-order valence-electron chi connectivity index (χ2n) is 3.78. The highest BCUT2D eigenvalue weighted by atomic mass is 16.1. The molecule has 1 aliphatic rings. The van der Waals surface area contributed by atoms with Crippen LogP contribution in [-0.2, 0) is 4.79 Å². The molecule has 1 nitrogen and oxygen atoms in total. The fraction of sp³-hybridized carbons (Fsp3) is 0.900. The molecule has 0 aliphatic heterocycles. The lowest BCUT2D eigenvalue weighted by Crippen LogP contribution is -1.96. The van der Waals surface area contributed by atoms with Crippen molar-refractivity contribution >= 4 is 5.78 Å². The molecule has 1 saturated carbocycles. The SMILES string of the molecule is CC1CCCCC(=O)CCC1. The van der Waals surface area contributed by atoms with Crippen LogP contribution in [0.5, 0.6) is 0 Å². The number of hydrogen-bond donors (Lipinski definition) is 0. The number of carbonyl (C=O) groups is 1. The summed E-state index contributed by atoms with van der Waals surface area (Å²) >= 11 is 0. The lowest BCUT2D eigenvalue weighted by atomic mass is 9.99. The van der Waals surface area contributed by atoms with Gasteiger partial charge in [0, 0.05) is 12.8 Å². The van der Waals surface area contributed by atoms with Crippen molar-refractivity contribution < 1.29 is 4.79 Å². The average molecular weight is 154 g/mol. The van der Waals surface area contributed by atoms with Gasteiger partial charge < -0.3 is 0 Å². The van der Waals surface area contributed by atoms with Crippen LogP contribution in [0.2, 0.25) is 0 Å². The zero-order valence-corrected chi connectivity index (χ0v) is 7.44. The Morgan fingerprint density at radius 3 is 2.55 bits per heavy atom. The van der Waals surface area contributed by atoms with Crippen LogP contribution >= 0.6 is 0 Å². The summed E-state index contributed by atoms with van der Waals surface area (Å²) in [4.78, 5) is 11.1. The summed E-state index contributed by atoms with van der Waals surface area (Å²) in [5.41, 5.74) is 0. The predicted octanol–water partition coefficient (Wildman–Crippen LogP) is 2.94. The van der Waals surface area contributed by atoms with Crippen LogP contribution in [0.4, 0.5) is 0 Å². The van der Waals surface area contributed by atoms with Gasteiger partial charge in [0.25, 0.3) is 0 Å². The second kappa shape index (κ2) is 4.53.